The molecule has 1 atom stereocenters. The number of hydrogen-bond donors (Lipinski definition) is 3. The molecule has 0 aromatic carbocycles. The summed E-state index contributed by atoms with van der Waals surface area (Å²) in [4.78, 5) is 33.8. The number of amides is 3. The van der Waals surface area contributed by atoms with E-state index in [1.807, 2.05) is 0 Å². The smallest absolute Gasteiger partial charge is 0.312 e. The lowest BCUT2D eigenvalue weighted by atomic mass is 9.99. The van der Waals surface area contributed by atoms with Gasteiger partial charge < -0.3 is 21.1 Å². The van der Waals surface area contributed by atoms with E-state index in [4.69, 9.17) is 10.8 Å². The van der Waals surface area contributed by atoms with Gasteiger partial charge in [-0.2, -0.15) is 0 Å². The third-order valence-electron chi connectivity index (χ3n) is 2.27. The number of aliphatic carboxylic acids is 1. The number of nitrogens with one attached hydrogen (secondary N) is 1. The Kier molecular flexibility index (Phi) is 3.13. The van der Waals surface area contributed by atoms with Gasteiger partial charge in [0, 0.05) is 13.1 Å². The molecular formula is C8H13N3O4. The maximum absolute atomic E-state index is 11.5. The van der Waals surface area contributed by atoms with Crippen LogP contribution in [0.25, 0.3) is 0 Å². The van der Waals surface area contributed by atoms with E-state index < -0.39 is 24.0 Å². The summed E-state index contributed by atoms with van der Waals surface area (Å²) in [6.07, 6.45) is 0. The molecule has 0 saturated carbocycles. The van der Waals surface area contributed by atoms with E-state index in [1.165, 1.54) is 11.8 Å². The number of primary amides is 1. The Hall–Kier alpha value is -1.79. The molecule has 1 aliphatic heterocycles. The Bertz CT molecular complexity index is 298. The molecule has 1 aliphatic rings. The first-order chi connectivity index (χ1) is 6.91. The molecule has 1 rings (SSSR count). The lowest BCUT2D eigenvalue weighted by molar-refractivity contribution is -0.153. The predicted octanol–water partition coefficient (Wildman–Crippen LogP) is -1.41. The average Bonchev–Trinajstić information content (AvgIpc) is 1.98. The molecule has 0 radical (unpaired) electrons. The van der Waals surface area contributed by atoms with E-state index in [2.05, 4.69) is 5.32 Å². The number of rotatable bonds is 3. The first kappa shape index (κ1) is 11.3. The Morgan fingerprint density at radius 3 is 2.40 bits per heavy atom. The fourth-order valence-corrected chi connectivity index (χ4v) is 1.36. The molecule has 4 N–H and O–H groups in total. The van der Waals surface area contributed by atoms with Crippen molar-refractivity contribution in [1.29, 1.82) is 0 Å². The highest BCUT2D eigenvalue weighted by Crippen LogP contribution is 2.16. The molecule has 0 spiro atoms. The zero-order chi connectivity index (χ0) is 11.6. The van der Waals surface area contributed by atoms with Crippen molar-refractivity contribution in [2.75, 3.05) is 13.1 Å². The van der Waals surface area contributed by atoms with Crippen molar-refractivity contribution in [2.24, 2.45) is 11.7 Å². The summed E-state index contributed by atoms with van der Waals surface area (Å²) in [7, 11) is 0. The summed E-state index contributed by atoms with van der Waals surface area (Å²) in [6.45, 7) is 1.89. The second-order valence-corrected chi connectivity index (χ2v) is 3.51. The van der Waals surface area contributed by atoms with Gasteiger partial charge in [-0.05, 0) is 6.92 Å². The van der Waals surface area contributed by atoms with Crippen LogP contribution < -0.4 is 11.1 Å². The molecule has 0 aromatic rings. The van der Waals surface area contributed by atoms with Gasteiger partial charge >= 0.3 is 12.0 Å². The zero-order valence-electron chi connectivity index (χ0n) is 8.27. The monoisotopic (exact) mass is 215 g/mol. The van der Waals surface area contributed by atoms with Crippen LogP contribution in [-0.4, -0.2) is 47.0 Å². The minimum Gasteiger partial charge on any atom is -0.481 e. The second-order valence-electron chi connectivity index (χ2n) is 3.51. The molecule has 0 aromatic heterocycles. The maximum atomic E-state index is 11.5. The van der Waals surface area contributed by atoms with Crippen LogP contribution in [0.2, 0.25) is 0 Å². The van der Waals surface area contributed by atoms with E-state index in [9.17, 15) is 14.4 Å². The third-order valence-corrected chi connectivity index (χ3v) is 2.27. The van der Waals surface area contributed by atoms with Crippen LogP contribution in [0.15, 0.2) is 0 Å². The van der Waals surface area contributed by atoms with Gasteiger partial charge in [0.1, 0.15) is 6.04 Å². The largest absolute Gasteiger partial charge is 0.481 e. The Morgan fingerprint density at radius 1 is 1.47 bits per heavy atom. The third kappa shape index (κ3) is 2.58. The number of carbonyl (C=O) groups excluding carboxylic acids is 2. The molecule has 1 heterocycles. The van der Waals surface area contributed by atoms with Crippen molar-refractivity contribution in [1.82, 2.24) is 10.2 Å². The second kappa shape index (κ2) is 4.16. The number of nitrogens with two attached hydrogens (primary N) is 1. The van der Waals surface area contributed by atoms with Gasteiger partial charge in [-0.15, -0.1) is 0 Å². The molecule has 7 heteroatoms. The zero-order valence-corrected chi connectivity index (χ0v) is 8.27. The molecule has 1 saturated heterocycles. The first-order valence-electron chi connectivity index (χ1n) is 4.49. The van der Waals surface area contributed by atoms with Crippen molar-refractivity contribution in [3.63, 3.8) is 0 Å². The van der Waals surface area contributed by atoms with Crippen LogP contribution in [-0.2, 0) is 9.59 Å². The van der Waals surface area contributed by atoms with E-state index in [0.717, 1.165) is 0 Å². The Morgan fingerprint density at radius 2 is 2.00 bits per heavy atom. The highest BCUT2D eigenvalue weighted by molar-refractivity contribution is 5.88. The van der Waals surface area contributed by atoms with Crippen molar-refractivity contribution < 1.29 is 19.5 Å². The van der Waals surface area contributed by atoms with Gasteiger partial charge in [0.25, 0.3) is 0 Å². The van der Waals surface area contributed by atoms with Crippen LogP contribution >= 0.6 is 0 Å². The van der Waals surface area contributed by atoms with Crippen LogP contribution in [0.3, 0.4) is 0 Å². The quantitative estimate of drug-likeness (QED) is 0.536. The number of hydrogen-bond acceptors (Lipinski definition) is 3. The lowest BCUT2D eigenvalue weighted by Gasteiger charge is -2.38. The molecule has 1 unspecified atom stereocenters. The minimum absolute atomic E-state index is 0.193. The normalized spacial score (nSPS) is 17.8. The van der Waals surface area contributed by atoms with Gasteiger partial charge in [-0.1, -0.05) is 0 Å². The highest BCUT2D eigenvalue weighted by Gasteiger charge is 2.37. The van der Waals surface area contributed by atoms with Gasteiger partial charge in [-0.3, -0.25) is 9.59 Å². The number of urea groups is 1. The fraction of sp³-hybridized carbons (Fsp3) is 0.625. The Balaban J connectivity index is 2.37. The SMILES string of the molecule is CC(NC(N)=O)C(=O)N1CC(C(=O)O)C1. The van der Waals surface area contributed by atoms with Crippen LogP contribution in [0.5, 0.6) is 0 Å². The summed E-state index contributed by atoms with van der Waals surface area (Å²) in [5, 5.41) is 10.8. The molecular weight excluding hydrogens is 202 g/mol. The first-order valence-corrected chi connectivity index (χ1v) is 4.49. The Labute approximate surface area is 86.2 Å². The van der Waals surface area contributed by atoms with Gasteiger partial charge in [0.2, 0.25) is 5.91 Å². The van der Waals surface area contributed by atoms with E-state index in [1.54, 1.807) is 0 Å². The topological polar surface area (TPSA) is 113 Å². The van der Waals surface area contributed by atoms with E-state index in [0.29, 0.717) is 0 Å². The van der Waals surface area contributed by atoms with E-state index in [-0.39, 0.29) is 19.0 Å². The van der Waals surface area contributed by atoms with Gasteiger partial charge in [0.05, 0.1) is 5.92 Å². The van der Waals surface area contributed by atoms with Crippen molar-refractivity contribution >= 4 is 17.9 Å². The van der Waals surface area contributed by atoms with Gasteiger partial charge in [0.15, 0.2) is 0 Å². The van der Waals surface area contributed by atoms with Gasteiger partial charge in [-0.25, -0.2) is 4.79 Å². The molecule has 84 valence electrons. The van der Waals surface area contributed by atoms with Crippen molar-refractivity contribution in [2.45, 2.75) is 13.0 Å². The fourth-order valence-electron chi connectivity index (χ4n) is 1.36. The lowest BCUT2D eigenvalue weighted by Crippen LogP contribution is -2.58. The number of nitrogens with zero attached hydrogens (tertiary/aromatic N) is 1. The number of likely N-dealkylation sites (tertiary alicyclic amines) is 1. The molecule has 0 bridgehead atoms. The number of carbonyl (C=O) groups is 3. The van der Waals surface area contributed by atoms with E-state index >= 15 is 0 Å². The van der Waals surface area contributed by atoms with Crippen LogP contribution in [0.1, 0.15) is 6.92 Å². The molecule has 7 nitrogen and oxygen atoms in total. The molecule has 3 amide bonds. The minimum atomic E-state index is -0.908. The summed E-state index contributed by atoms with van der Waals surface area (Å²) in [6, 6.07) is -1.48. The number of carboxylic acid groups (broad SMARTS) is 1. The molecule has 0 aliphatic carbocycles. The summed E-state index contributed by atoms with van der Waals surface area (Å²) in [5.41, 5.74) is 4.85. The van der Waals surface area contributed by atoms with Crippen LogP contribution in [0, 0.1) is 5.92 Å². The summed E-state index contributed by atoms with van der Waals surface area (Å²) >= 11 is 0. The summed E-state index contributed by atoms with van der Waals surface area (Å²) < 4.78 is 0. The number of carboxylic acids is 1. The van der Waals surface area contributed by atoms with Crippen LogP contribution in [0.4, 0.5) is 4.79 Å². The van der Waals surface area contributed by atoms with Crippen molar-refractivity contribution in [3.05, 3.63) is 0 Å². The standard InChI is InChI=1S/C8H13N3O4/c1-4(10-8(9)15)6(12)11-2-5(3-11)7(13)14/h4-5H,2-3H2,1H3,(H,13,14)(H3,9,10,15). The molecule has 15 heavy (non-hydrogen) atoms. The van der Waals surface area contributed by atoms with Crippen molar-refractivity contribution in [3.8, 4) is 0 Å². The summed E-state index contributed by atoms with van der Waals surface area (Å²) in [5.74, 6) is -1.71. The maximum Gasteiger partial charge on any atom is 0.312 e. The highest BCUT2D eigenvalue weighted by atomic mass is 16.4. The predicted molar refractivity (Wildman–Crippen MR) is 49.9 cm³/mol. The molecule has 1 fully saturated rings. The average molecular weight is 215 g/mol.